The van der Waals surface area contributed by atoms with Gasteiger partial charge in [-0.3, -0.25) is 9.69 Å². The van der Waals surface area contributed by atoms with Crippen molar-refractivity contribution in [3.63, 3.8) is 0 Å². The Balaban J connectivity index is 1.97. The fraction of sp³-hybridized carbons (Fsp3) is 0.900. The van der Waals surface area contributed by atoms with Crippen molar-refractivity contribution in [1.82, 2.24) is 4.90 Å². The molecule has 0 radical (unpaired) electrons. The van der Waals surface area contributed by atoms with Crippen LogP contribution in [0.3, 0.4) is 0 Å². The summed E-state index contributed by atoms with van der Waals surface area (Å²) in [6, 6.07) is 0.991. The van der Waals surface area contributed by atoms with Crippen molar-refractivity contribution in [1.29, 1.82) is 0 Å². The summed E-state index contributed by atoms with van der Waals surface area (Å²) >= 11 is 0. The molecule has 4 saturated heterocycles. The lowest BCUT2D eigenvalue weighted by molar-refractivity contribution is -0.171. The number of fused-ring (bicyclic) bond motifs is 1. The molecule has 72 valence electrons. The zero-order valence-electron chi connectivity index (χ0n) is 7.70. The van der Waals surface area contributed by atoms with Crippen molar-refractivity contribution in [3.05, 3.63) is 0 Å². The van der Waals surface area contributed by atoms with E-state index in [1.165, 1.54) is 19.3 Å². The maximum absolute atomic E-state index is 11.5. The highest BCUT2D eigenvalue weighted by Gasteiger charge is 2.54. The van der Waals surface area contributed by atoms with Gasteiger partial charge in [-0.15, -0.1) is 0 Å². The molecular formula is C10H15NO2. The summed E-state index contributed by atoms with van der Waals surface area (Å²) in [6.45, 7) is 0.506. The Morgan fingerprint density at radius 1 is 1.31 bits per heavy atom. The SMILES string of the molecule is O=C1CN2C3CCCC2CC1(O)C3. The first kappa shape index (κ1) is 7.94. The van der Waals surface area contributed by atoms with Crippen LogP contribution in [-0.4, -0.2) is 40.0 Å². The maximum atomic E-state index is 11.5. The number of carbonyl (C=O) groups excluding carboxylic acids is 1. The molecule has 0 aromatic carbocycles. The normalized spacial score (nSPS) is 53.9. The molecule has 0 aromatic heterocycles. The lowest BCUT2D eigenvalue weighted by Gasteiger charge is -2.56. The monoisotopic (exact) mass is 181 g/mol. The number of hydrogen-bond donors (Lipinski definition) is 1. The minimum absolute atomic E-state index is 0.0573. The molecule has 3 nitrogen and oxygen atoms in total. The van der Waals surface area contributed by atoms with E-state index in [9.17, 15) is 9.90 Å². The third-order valence-electron chi connectivity index (χ3n) is 4.00. The molecule has 0 spiro atoms. The Kier molecular flexibility index (Phi) is 1.43. The second-order valence-corrected chi connectivity index (χ2v) is 4.77. The van der Waals surface area contributed by atoms with Crippen molar-refractivity contribution in [2.45, 2.75) is 49.8 Å². The first-order chi connectivity index (χ1) is 6.19. The van der Waals surface area contributed by atoms with Crippen molar-refractivity contribution >= 4 is 5.78 Å². The standard InChI is InChI=1S/C10H15NO2/c12-9-6-11-7-2-1-3-8(11)5-10(9,13)4-7/h7-8,13H,1-6H2. The minimum atomic E-state index is -0.940. The summed E-state index contributed by atoms with van der Waals surface area (Å²) in [5, 5.41) is 10.1. The van der Waals surface area contributed by atoms with Crippen LogP contribution in [0.1, 0.15) is 32.1 Å². The Hall–Kier alpha value is -0.410. The molecule has 0 amide bonds. The average molecular weight is 181 g/mol. The van der Waals surface area contributed by atoms with Gasteiger partial charge in [0.15, 0.2) is 5.78 Å². The van der Waals surface area contributed by atoms with E-state index in [1.54, 1.807) is 0 Å². The predicted molar refractivity (Wildman–Crippen MR) is 47.3 cm³/mol. The second-order valence-electron chi connectivity index (χ2n) is 4.77. The fourth-order valence-corrected chi connectivity index (χ4v) is 3.32. The summed E-state index contributed by atoms with van der Waals surface area (Å²) in [6.07, 6.45) is 5.01. The quantitative estimate of drug-likeness (QED) is 0.585. The highest BCUT2D eigenvalue weighted by Crippen LogP contribution is 2.43. The van der Waals surface area contributed by atoms with Gasteiger partial charge in [-0.05, 0) is 25.7 Å². The van der Waals surface area contributed by atoms with Gasteiger partial charge in [-0.2, -0.15) is 0 Å². The van der Waals surface area contributed by atoms with Gasteiger partial charge in [0.2, 0.25) is 0 Å². The third kappa shape index (κ3) is 0.945. The first-order valence-corrected chi connectivity index (χ1v) is 5.20. The molecule has 4 rings (SSSR count). The molecule has 4 fully saturated rings. The molecular weight excluding hydrogens is 166 g/mol. The van der Waals surface area contributed by atoms with Crippen molar-refractivity contribution in [3.8, 4) is 0 Å². The Morgan fingerprint density at radius 2 is 1.92 bits per heavy atom. The number of ketones is 1. The largest absolute Gasteiger partial charge is 0.382 e. The molecule has 4 aliphatic heterocycles. The average Bonchev–Trinajstić information content (AvgIpc) is 2.05. The Bertz CT molecular complexity index is 250. The molecule has 3 heteroatoms. The Morgan fingerprint density at radius 3 is 2.46 bits per heavy atom. The van der Waals surface area contributed by atoms with Crippen molar-refractivity contribution in [2.75, 3.05) is 6.54 Å². The van der Waals surface area contributed by atoms with E-state index in [0.29, 0.717) is 31.5 Å². The van der Waals surface area contributed by atoms with Gasteiger partial charge in [0.25, 0.3) is 0 Å². The van der Waals surface area contributed by atoms with Gasteiger partial charge in [0.1, 0.15) is 5.60 Å². The van der Waals surface area contributed by atoms with Crippen LogP contribution < -0.4 is 0 Å². The van der Waals surface area contributed by atoms with E-state index >= 15 is 0 Å². The van der Waals surface area contributed by atoms with Crippen LogP contribution in [0.5, 0.6) is 0 Å². The topological polar surface area (TPSA) is 40.5 Å². The first-order valence-electron chi connectivity index (χ1n) is 5.20. The summed E-state index contributed by atoms with van der Waals surface area (Å²) in [4.78, 5) is 13.8. The fourth-order valence-electron chi connectivity index (χ4n) is 3.32. The molecule has 4 heterocycles. The van der Waals surface area contributed by atoms with Crippen molar-refractivity contribution < 1.29 is 9.90 Å². The number of hydrogen-bond acceptors (Lipinski definition) is 3. The number of carbonyl (C=O) groups is 1. The van der Waals surface area contributed by atoms with E-state index < -0.39 is 5.60 Å². The van der Waals surface area contributed by atoms with Crippen LogP contribution in [0.4, 0.5) is 0 Å². The lowest BCUT2D eigenvalue weighted by Crippen LogP contribution is -2.68. The van der Waals surface area contributed by atoms with Gasteiger partial charge < -0.3 is 5.11 Å². The molecule has 1 N–H and O–H groups in total. The molecule has 13 heavy (non-hydrogen) atoms. The van der Waals surface area contributed by atoms with Gasteiger partial charge in [-0.1, -0.05) is 6.42 Å². The summed E-state index contributed by atoms with van der Waals surface area (Å²) in [7, 11) is 0. The molecule has 0 saturated carbocycles. The smallest absolute Gasteiger partial charge is 0.178 e. The van der Waals surface area contributed by atoms with Gasteiger partial charge in [-0.25, -0.2) is 0 Å². The lowest BCUT2D eigenvalue weighted by atomic mass is 9.69. The molecule has 2 unspecified atom stereocenters. The summed E-state index contributed by atoms with van der Waals surface area (Å²) < 4.78 is 0. The highest BCUT2D eigenvalue weighted by molar-refractivity contribution is 5.90. The van der Waals surface area contributed by atoms with Crippen LogP contribution in [0.15, 0.2) is 0 Å². The van der Waals surface area contributed by atoms with Crippen LogP contribution in [0.25, 0.3) is 0 Å². The van der Waals surface area contributed by atoms with E-state index in [1.807, 2.05) is 0 Å². The molecule has 2 atom stereocenters. The summed E-state index contributed by atoms with van der Waals surface area (Å²) in [5.41, 5.74) is -0.940. The maximum Gasteiger partial charge on any atom is 0.178 e. The van der Waals surface area contributed by atoms with Gasteiger partial charge in [0.05, 0.1) is 6.54 Å². The second kappa shape index (κ2) is 2.34. The van der Waals surface area contributed by atoms with Crippen LogP contribution >= 0.6 is 0 Å². The zero-order chi connectivity index (χ0) is 9.05. The zero-order valence-corrected chi connectivity index (χ0v) is 7.70. The number of Topliss-reactive ketones (excluding diaryl/α,β-unsaturated/α-hetero) is 1. The highest BCUT2D eigenvalue weighted by atomic mass is 16.3. The van der Waals surface area contributed by atoms with E-state index in [4.69, 9.17) is 0 Å². The van der Waals surface area contributed by atoms with Crippen LogP contribution in [0.2, 0.25) is 0 Å². The van der Waals surface area contributed by atoms with E-state index in [2.05, 4.69) is 4.90 Å². The van der Waals surface area contributed by atoms with Crippen LogP contribution in [0, 0.1) is 0 Å². The minimum Gasteiger partial charge on any atom is -0.382 e. The molecule has 0 aromatic rings. The molecule has 0 aliphatic carbocycles. The third-order valence-corrected chi connectivity index (χ3v) is 4.00. The number of aliphatic hydroxyl groups is 1. The molecule has 4 bridgehead atoms. The summed E-state index contributed by atoms with van der Waals surface area (Å²) in [5.74, 6) is 0.0573. The molecule has 4 aliphatic rings. The van der Waals surface area contributed by atoms with Gasteiger partial charge >= 0.3 is 0 Å². The number of piperidine rings is 4. The van der Waals surface area contributed by atoms with Gasteiger partial charge in [0, 0.05) is 12.1 Å². The number of rotatable bonds is 0. The van der Waals surface area contributed by atoms with Crippen molar-refractivity contribution in [2.24, 2.45) is 0 Å². The van der Waals surface area contributed by atoms with E-state index in [0.717, 1.165) is 0 Å². The Labute approximate surface area is 77.7 Å². The predicted octanol–water partition coefficient (Wildman–Crippen LogP) is 0.317. The van der Waals surface area contributed by atoms with E-state index in [-0.39, 0.29) is 5.78 Å². The number of nitrogens with zero attached hydrogens (tertiary/aromatic N) is 1. The van der Waals surface area contributed by atoms with Crippen LogP contribution in [-0.2, 0) is 4.79 Å².